The molecule has 0 aliphatic heterocycles. The van der Waals surface area contributed by atoms with E-state index in [0.29, 0.717) is 0 Å². The first-order chi connectivity index (χ1) is 4.97. The lowest BCUT2D eigenvalue weighted by Crippen LogP contribution is -1.74. The molecule has 0 aliphatic rings. The molecule has 4 nitrogen and oxygen atoms in total. The minimum atomic E-state index is 0.775. The van der Waals surface area contributed by atoms with Gasteiger partial charge in [0.1, 0.15) is 12.0 Å². The predicted molar refractivity (Wildman–Crippen MR) is 34.1 cm³/mol. The molecule has 0 aromatic carbocycles. The zero-order valence-electron chi connectivity index (χ0n) is 5.11. The molecule has 0 aliphatic carbocycles. The van der Waals surface area contributed by atoms with Crippen molar-refractivity contribution in [1.82, 2.24) is 15.4 Å². The van der Waals surface area contributed by atoms with Crippen LogP contribution in [0.2, 0.25) is 0 Å². The molecule has 2 aromatic heterocycles. The van der Waals surface area contributed by atoms with Crippen molar-refractivity contribution in [2.75, 3.05) is 0 Å². The maximum atomic E-state index is 4.64. The highest BCUT2D eigenvalue weighted by molar-refractivity contribution is 5.51. The summed E-state index contributed by atoms with van der Waals surface area (Å²) in [4.78, 5) is 0. The lowest BCUT2D eigenvalue weighted by molar-refractivity contribution is 0.422. The second kappa shape index (κ2) is 1.98. The molecule has 10 heavy (non-hydrogen) atoms. The van der Waals surface area contributed by atoms with Crippen molar-refractivity contribution in [3.8, 4) is 11.4 Å². The number of hydrogen-bond donors (Lipinski definition) is 1. The summed E-state index contributed by atoms with van der Waals surface area (Å²) in [6.45, 7) is 0. The molecule has 0 spiro atoms. The van der Waals surface area contributed by atoms with Crippen molar-refractivity contribution < 1.29 is 4.52 Å². The Morgan fingerprint density at radius 3 is 3.00 bits per heavy atom. The van der Waals surface area contributed by atoms with Gasteiger partial charge in [0.2, 0.25) is 0 Å². The van der Waals surface area contributed by atoms with Crippen LogP contribution in [0.4, 0.5) is 0 Å². The third-order valence-electron chi connectivity index (χ3n) is 1.21. The summed E-state index contributed by atoms with van der Waals surface area (Å²) >= 11 is 0. The first kappa shape index (κ1) is 5.22. The van der Waals surface area contributed by atoms with Gasteiger partial charge in [0.25, 0.3) is 0 Å². The average Bonchev–Trinajstić information content (AvgIpc) is 2.59. The number of nitrogens with zero attached hydrogens (tertiary/aromatic N) is 2. The second-order valence-corrected chi connectivity index (χ2v) is 1.86. The molecule has 1 N–H and O–H groups in total. The molecule has 2 heterocycles. The summed E-state index contributed by atoms with van der Waals surface area (Å²) in [5.41, 5.74) is 1.64. The van der Waals surface area contributed by atoms with Crippen LogP contribution in [0.3, 0.4) is 0 Å². The number of aromatic nitrogens is 3. The zero-order chi connectivity index (χ0) is 6.81. The molecule has 0 atom stereocenters. The Balaban J connectivity index is 2.48. The van der Waals surface area contributed by atoms with E-state index in [4.69, 9.17) is 0 Å². The van der Waals surface area contributed by atoms with E-state index >= 15 is 0 Å². The van der Waals surface area contributed by atoms with Crippen molar-refractivity contribution >= 4 is 0 Å². The molecule has 0 fully saturated rings. The average molecular weight is 135 g/mol. The second-order valence-electron chi connectivity index (χ2n) is 1.86. The van der Waals surface area contributed by atoms with Crippen LogP contribution in [0.15, 0.2) is 29.1 Å². The smallest absolute Gasteiger partial charge is 0.131 e. The largest absolute Gasteiger partial charge is 0.364 e. The Hall–Kier alpha value is -1.58. The number of aromatic amines is 1. The van der Waals surface area contributed by atoms with E-state index in [-0.39, 0.29) is 0 Å². The van der Waals surface area contributed by atoms with Gasteiger partial charge in [0, 0.05) is 12.3 Å². The van der Waals surface area contributed by atoms with Crippen LogP contribution in [-0.2, 0) is 0 Å². The number of rotatable bonds is 1. The fourth-order valence-corrected chi connectivity index (χ4v) is 0.750. The van der Waals surface area contributed by atoms with E-state index < -0.39 is 0 Å². The van der Waals surface area contributed by atoms with Gasteiger partial charge < -0.3 is 4.52 Å². The van der Waals surface area contributed by atoms with E-state index in [1.807, 2.05) is 6.07 Å². The molecular weight excluding hydrogens is 130 g/mol. The normalized spacial score (nSPS) is 10.0. The standard InChI is InChI=1S/C6H5N3O/c1-3-7-8-5(1)6-2-4-10-9-6/h1-4H,(H,7,8). The van der Waals surface area contributed by atoms with Crippen molar-refractivity contribution in [1.29, 1.82) is 0 Å². The molecule has 4 heteroatoms. The molecule has 0 radical (unpaired) electrons. The molecule has 0 unspecified atom stereocenters. The number of nitrogens with one attached hydrogen (secondary N) is 1. The van der Waals surface area contributed by atoms with Gasteiger partial charge in [0.05, 0.1) is 5.69 Å². The van der Waals surface area contributed by atoms with Crippen molar-refractivity contribution in [2.24, 2.45) is 0 Å². The van der Waals surface area contributed by atoms with Gasteiger partial charge in [-0.1, -0.05) is 5.16 Å². The Labute approximate surface area is 56.9 Å². The van der Waals surface area contributed by atoms with Crippen LogP contribution >= 0.6 is 0 Å². The van der Waals surface area contributed by atoms with Crippen LogP contribution in [0.1, 0.15) is 0 Å². The van der Waals surface area contributed by atoms with Crippen LogP contribution < -0.4 is 0 Å². The van der Waals surface area contributed by atoms with Crippen LogP contribution in [0.25, 0.3) is 11.4 Å². The molecule has 2 aromatic rings. The summed E-state index contributed by atoms with van der Waals surface area (Å²) in [6.07, 6.45) is 3.19. The minimum absolute atomic E-state index is 0.775. The third-order valence-corrected chi connectivity index (χ3v) is 1.21. The van der Waals surface area contributed by atoms with Gasteiger partial charge in [-0.15, -0.1) is 0 Å². The molecule has 0 amide bonds. The topological polar surface area (TPSA) is 54.7 Å². The summed E-state index contributed by atoms with van der Waals surface area (Å²) in [5.74, 6) is 0. The van der Waals surface area contributed by atoms with Crippen molar-refractivity contribution in [3.63, 3.8) is 0 Å². The molecule has 2 rings (SSSR count). The summed E-state index contributed by atoms with van der Waals surface area (Å²) < 4.78 is 4.64. The highest BCUT2D eigenvalue weighted by Gasteiger charge is 1.99. The lowest BCUT2D eigenvalue weighted by Gasteiger charge is -1.82. The number of hydrogen-bond acceptors (Lipinski definition) is 3. The monoisotopic (exact) mass is 135 g/mol. The maximum absolute atomic E-state index is 4.64. The van der Waals surface area contributed by atoms with Crippen molar-refractivity contribution in [3.05, 3.63) is 24.6 Å². The molecule has 0 saturated carbocycles. The van der Waals surface area contributed by atoms with E-state index in [1.54, 1.807) is 12.3 Å². The van der Waals surface area contributed by atoms with Crippen molar-refractivity contribution in [2.45, 2.75) is 0 Å². The van der Waals surface area contributed by atoms with E-state index in [0.717, 1.165) is 11.4 Å². The zero-order valence-corrected chi connectivity index (χ0v) is 5.11. The first-order valence-electron chi connectivity index (χ1n) is 2.87. The van der Waals surface area contributed by atoms with Gasteiger partial charge in [0.15, 0.2) is 0 Å². The van der Waals surface area contributed by atoms with Gasteiger partial charge in [-0.05, 0) is 6.07 Å². The highest BCUT2D eigenvalue weighted by Crippen LogP contribution is 2.11. The van der Waals surface area contributed by atoms with E-state index in [1.165, 1.54) is 6.26 Å². The first-order valence-corrected chi connectivity index (χ1v) is 2.87. The van der Waals surface area contributed by atoms with E-state index in [2.05, 4.69) is 19.9 Å². The Morgan fingerprint density at radius 1 is 1.40 bits per heavy atom. The molecule has 0 saturated heterocycles. The predicted octanol–water partition coefficient (Wildman–Crippen LogP) is 1.06. The summed E-state index contributed by atoms with van der Waals surface area (Å²) in [5, 5.41) is 10.3. The van der Waals surface area contributed by atoms with Gasteiger partial charge in [-0.2, -0.15) is 5.10 Å². The van der Waals surface area contributed by atoms with Crippen LogP contribution in [0.5, 0.6) is 0 Å². The molecule has 50 valence electrons. The Bertz CT molecular complexity index is 252. The quantitative estimate of drug-likeness (QED) is 0.636. The summed E-state index contributed by atoms with van der Waals surface area (Å²) in [6, 6.07) is 3.60. The minimum Gasteiger partial charge on any atom is -0.364 e. The fourth-order valence-electron chi connectivity index (χ4n) is 0.750. The third kappa shape index (κ3) is 0.699. The van der Waals surface area contributed by atoms with Gasteiger partial charge in [-0.3, -0.25) is 5.10 Å². The Kier molecular flexibility index (Phi) is 1.04. The van der Waals surface area contributed by atoms with Gasteiger partial charge >= 0.3 is 0 Å². The van der Waals surface area contributed by atoms with E-state index in [9.17, 15) is 0 Å². The Morgan fingerprint density at radius 2 is 2.40 bits per heavy atom. The lowest BCUT2D eigenvalue weighted by atomic mass is 10.3. The summed E-state index contributed by atoms with van der Waals surface area (Å²) in [7, 11) is 0. The number of H-pyrrole nitrogens is 1. The highest BCUT2D eigenvalue weighted by atomic mass is 16.5. The van der Waals surface area contributed by atoms with Gasteiger partial charge in [-0.25, -0.2) is 0 Å². The molecular formula is C6H5N3O. The molecule has 0 bridgehead atoms. The SMILES string of the molecule is c1cc(-c2ccon2)[nH]n1. The van der Waals surface area contributed by atoms with Crippen LogP contribution in [-0.4, -0.2) is 15.4 Å². The van der Waals surface area contributed by atoms with Crippen LogP contribution in [0, 0.1) is 0 Å². The fraction of sp³-hybridized carbons (Fsp3) is 0. The maximum Gasteiger partial charge on any atom is 0.131 e.